The maximum absolute atomic E-state index is 5.36. The molecular weight excluding hydrogens is 260 g/mol. The van der Waals surface area contributed by atoms with Crippen LogP contribution in [0.4, 0.5) is 5.82 Å². The summed E-state index contributed by atoms with van der Waals surface area (Å²) in [5.74, 6) is 1.35. The Morgan fingerprint density at radius 3 is 2.79 bits per heavy atom. The van der Waals surface area contributed by atoms with Gasteiger partial charge in [0.05, 0.1) is 23.4 Å². The van der Waals surface area contributed by atoms with Gasteiger partial charge in [-0.1, -0.05) is 0 Å². The van der Waals surface area contributed by atoms with Crippen LogP contribution in [0, 0.1) is 13.8 Å². The van der Waals surface area contributed by atoms with Crippen LogP contribution in [0.25, 0.3) is 0 Å². The number of thiazole rings is 1. The molecule has 0 aliphatic carbocycles. The van der Waals surface area contributed by atoms with E-state index in [1.165, 1.54) is 11.2 Å². The van der Waals surface area contributed by atoms with Gasteiger partial charge >= 0.3 is 0 Å². The SMILES string of the molecule is CCOc1cc(NC(C)c2sc(C)nc2C)ncn1. The first-order valence-corrected chi connectivity index (χ1v) is 7.07. The molecule has 0 bridgehead atoms. The van der Waals surface area contributed by atoms with Crippen molar-refractivity contribution >= 4 is 17.2 Å². The minimum atomic E-state index is 0.163. The standard InChI is InChI=1S/C13H18N4OS/c1-5-18-12-6-11(14-7-15-12)17-9(3)13-8(2)16-10(4)19-13/h6-7,9H,5H2,1-4H3,(H,14,15,17). The van der Waals surface area contributed by atoms with Crippen LogP contribution in [0.3, 0.4) is 0 Å². The lowest BCUT2D eigenvalue weighted by atomic mass is 10.2. The van der Waals surface area contributed by atoms with E-state index in [1.807, 2.05) is 26.8 Å². The van der Waals surface area contributed by atoms with Gasteiger partial charge in [0, 0.05) is 10.9 Å². The van der Waals surface area contributed by atoms with Gasteiger partial charge in [-0.15, -0.1) is 11.3 Å². The van der Waals surface area contributed by atoms with Gasteiger partial charge in [0.25, 0.3) is 0 Å². The van der Waals surface area contributed by atoms with Gasteiger partial charge in [-0.05, 0) is 27.7 Å². The number of hydrogen-bond acceptors (Lipinski definition) is 6. The van der Waals surface area contributed by atoms with Gasteiger partial charge in [0.15, 0.2) is 0 Å². The third kappa shape index (κ3) is 3.41. The molecule has 0 saturated carbocycles. The molecule has 0 spiro atoms. The van der Waals surface area contributed by atoms with Crippen molar-refractivity contribution in [1.29, 1.82) is 0 Å². The third-order valence-electron chi connectivity index (χ3n) is 2.63. The van der Waals surface area contributed by atoms with Gasteiger partial charge < -0.3 is 10.1 Å². The van der Waals surface area contributed by atoms with E-state index in [2.05, 4.69) is 27.2 Å². The van der Waals surface area contributed by atoms with Crippen molar-refractivity contribution in [2.24, 2.45) is 0 Å². The second kappa shape index (κ2) is 5.97. The maximum atomic E-state index is 5.36. The molecule has 0 aliphatic rings. The van der Waals surface area contributed by atoms with E-state index < -0.39 is 0 Å². The zero-order valence-corrected chi connectivity index (χ0v) is 12.4. The van der Waals surface area contributed by atoms with Crippen LogP contribution >= 0.6 is 11.3 Å². The lowest BCUT2D eigenvalue weighted by Gasteiger charge is -2.13. The molecule has 1 unspecified atom stereocenters. The van der Waals surface area contributed by atoms with E-state index in [-0.39, 0.29) is 6.04 Å². The Balaban J connectivity index is 2.12. The minimum Gasteiger partial charge on any atom is -0.478 e. The van der Waals surface area contributed by atoms with Crippen molar-refractivity contribution in [1.82, 2.24) is 15.0 Å². The molecule has 19 heavy (non-hydrogen) atoms. The van der Waals surface area contributed by atoms with Gasteiger partial charge in [-0.25, -0.2) is 15.0 Å². The second-order valence-electron chi connectivity index (χ2n) is 4.22. The molecular formula is C13H18N4OS. The summed E-state index contributed by atoms with van der Waals surface area (Å²) < 4.78 is 5.36. The van der Waals surface area contributed by atoms with E-state index in [0.29, 0.717) is 12.5 Å². The van der Waals surface area contributed by atoms with Crippen LogP contribution in [-0.4, -0.2) is 21.6 Å². The zero-order valence-electron chi connectivity index (χ0n) is 11.6. The number of anilines is 1. The fourth-order valence-electron chi connectivity index (χ4n) is 1.88. The number of aryl methyl sites for hydroxylation is 2. The molecule has 0 saturated heterocycles. The molecule has 1 atom stereocenters. The Morgan fingerprint density at radius 1 is 1.37 bits per heavy atom. The van der Waals surface area contributed by atoms with Crippen molar-refractivity contribution in [2.75, 3.05) is 11.9 Å². The Kier molecular flexibility index (Phi) is 4.31. The predicted molar refractivity (Wildman–Crippen MR) is 76.8 cm³/mol. The first-order chi connectivity index (χ1) is 9.10. The van der Waals surface area contributed by atoms with Gasteiger partial charge in [-0.2, -0.15) is 0 Å². The summed E-state index contributed by atoms with van der Waals surface area (Å²) in [5, 5.41) is 4.43. The van der Waals surface area contributed by atoms with Crippen molar-refractivity contribution < 1.29 is 4.74 Å². The Hall–Kier alpha value is -1.69. The Morgan fingerprint density at radius 2 is 2.16 bits per heavy atom. The Labute approximate surface area is 117 Å². The molecule has 0 amide bonds. The summed E-state index contributed by atoms with van der Waals surface area (Å²) >= 11 is 1.71. The first kappa shape index (κ1) is 13.7. The highest BCUT2D eigenvalue weighted by atomic mass is 32.1. The van der Waals surface area contributed by atoms with Gasteiger partial charge in [-0.3, -0.25) is 0 Å². The topological polar surface area (TPSA) is 59.9 Å². The van der Waals surface area contributed by atoms with E-state index in [1.54, 1.807) is 11.3 Å². The molecule has 2 rings (SSSR count). The van der Waals surface area contributed by atoms with E-state index in [9.17, 15) is 0 Å². The summed E-state index contributed by atoms with van der Waals surface area (Å²) in [7, 11) is 0. The highest BCUT2D eigenvalue weighted by Crippen LogP contribution is 2.27. The van der Waals surface area contributed by atoms with Crippen molar-refractivity contribution in [3.63, 3.8) is 0 Å². The normalized spacial score (nSPS) is 12.2. The van der Waals surface area contributed by atoms with Crippen LogP contribution in [-0.2, 0) is 0 Å². The van der Waals surface area contributed by atoms with E-state index >= 15 is 0 Å². The molecule has 2 aromatic rings. The summed E-state index contributed by atoms with van der Waals surface area (Å²) in [6.45, 7) is 8.68. The van der Waals surface area contributed by atoms with Crippen LogP contribution in [0.2, 0.25) is 0 Å². The molecule has 0 fully saturated rings. The number of nitrogens with zero attached hydrogens (tertiary/aromatic N) is 3. The predicted octanol–water partition coefficient (Wildman–Crippen LogP) is 3.12. The summed E-state index contributed by atoms with van der Waals surface area (Å²) in [6.07, 6.45) is 1.50. The second-order valence-corrected chi connectivity index (χ2v) is 5.46. The van der Waals surface area contributed by atoms with Crippen molar-refractivity contribution in [3.05, 3.63) is 28.0 Å². The molecule has 6 heteroatoms. The lowest BCUT2D eigenvalue weighted by molar-refractivity contribution is 0.326. The van der Waals surface area contributed by atoms with Crippen LogP contribution < -0.4 is 10.1 Å². The fourth-order valence-corrected chi connectivity index (χ4v) is 2.81. The van der Waals surface area contributed by atoms with Crippen LogP contribution in [0.1, 0.15) is 35.5 Å². The molecule has 0 aliphatic heterocycles. The number of nitrogens with one attached hydrogen (secondary N) is 1. The average Bonchev–Trinajstić information content (AvgIpc) is 2.69. The van der Waals surface area contributed by atoms with Crippen LogP contribution in [0.5, 0.6) is 5.88 Å². The van der Waals surface area contributed by atoms with Gasteiger partial charge in [0.2, 0.25) is 5.88 Å². The van der Waals surface area contributed by atoms with Crippen molar-refractivity contribution in [2.45, 2.75) is 33.7 Å². The smallest absolute Gasteiger partial charge is 0.218 e. The molecule has 2 heterocycles. The summed E-state index contributed by atoms with van der Waals surface area (Å²) in [5.41, 5.74) is 1.07. The largest absolute Gasteiger partial charge is 0.478 e. The molecule has 5 nitrogen and oxygen atoms in total. The molecule has 2 aromatic heterocycles. The first-order valence-electron chi connectivity index (χ1n) is 6.25. The molecule has 0 aromatic carbocycles. The van der Waals surface area contributed by atoms with Crippen LogP contribution in [0.15, 0.2) is 12.4 Å². The zero-order chi connectivity index (χ0) is 13.8. The Bertz CT molecular complexity index is 555. The quantitative estimate of drug-likeness (QED) is 0.910. The maximum Gasteiger partial charge on any atom is 0.218 e. The number of aromatic nitrogens is 3. The summed E-state index contributed by atoms with van der Waals surface area (Å²) in [6, 6.07) is 1.97. The van der Waals surface area contributed by atoms with E-state index in [4.69, 9.17) is 4.74 Å². The number of ether oxygens (including phenoxy) is 1. The number of hydrogen-bond donors (Lipinski definition) is 1. The van der Waals surface area contributed by atoms with Crippen molar-refractivity contribution in [3.8, 4) is 5.88 Å². The third-order valence-corrected chi connectivity index (χ3v) is 3.89. The minimum absolute atomic E-state index is 0.163. The monoisotopic (exact) mass is 278 g/mol. The lowest BCUT2D eigenvalue weighted by Crippen LogP contribution is -2.08. The molecule has 1 N–H and O–H groups in total. The molecule has 102 valence electrons. The highest BCUT2D eigenvalue weighted by molar-refractivity contribution is 7.11. The average molecular weight is 278 g/mol. The summed E-state index contributed by atoms with van der Waals surface area (Å²) in [4.78, 5) is 13.9. The van der Waals surface area contributed by atoms with Gasteiger partial charge in [0.1, 0.15) is 12.1 Å². The highest BCUT2D eigenvalue weighted by Gasteiger charge is 2.13. The molecule has 0 radical (unpaired) electrons. The number of rotatable bonds is 5. The fraction of sp³-hybridized carbons (Fsp3) is 0.462. The van der Waals surface area contributed by atoms with E-state index in [0.717, 1.165) is 16.5 Å².